The van der Waals surface area contributed by atoms with E-state index in [9.17, 15) is 9.18 Å². The van der Waals surface area contributed by atoms with Crippen LogP contribution in [-0.2, 0) is 4.74 Å². The van der Waals surface area contributed by atoms with E-state index < -0.39 is 5.82 Å². The second kappa shape index (κ2) is 10.9. The van der Waals surface area contributed by atoms with Crippen LogP contribution in [0, 0.1) is 12.7 Å². The molecule has 4 N–H and O–H groups in total. The molecule has 0 spiro atoms. The number of amides is 1. The SMILES string of the molecule is COc1ccc(-c2cnc3c(Nc4ccc(C(=O)NCCOCCN)c(C)c4)nccn23)cc1F. The first kappa shape index (κ1) is 24.1. The summed E-state index contributed by atoms with van der Waals surface area (Å²) in [5.74, 6) is 0.0886. The molecule has 4 rings (SSSR count). The highest BCUT2D eigenvalue weighted by molar-refractivity contribution is 5.96. The summed E-state index contributed by atoms with van der Waals surface area (Å²) in [5, 5.41) is 6.10. The summed E-state index contributed by atoms with van der Waals surface area (Å²) in [6, 6.07) is 10.2. The molecule has 10 heteroatoms. The van der Waals surface area contributed by atoms with Crippen molar-refractivity contribution in [3.63, 3.8) is 0 Å². The number of benzene rings is 2. The van der Waals surface area contributed by atoms with Crippen LogP contribution < -0.4 is 21.1 Å². The Hall–Kier alpha value is -4.02. The van der Waals surface area contributed by atoms with E-state index in [0.717, 1.165) is 11.3 Å². The molecule has 0 saturated carbocycles. The summed E-state index contributed by atoms with van der Waals surface area (Å²) in [5.41, 5.74) is 9.47. The Bertz CT molecular complexity index is 1340. The van der Waals surface area contributed by atoms with Gasteiger partial charge in [-0.3, -0.25) is 9.20 Å². The smallest absolute Gasteiger partial charge is 0.251 e. The Morgan fingerprint density at radius 2 is 2.03 bits per heavy atom. The Balaban J connectivity index is 1.52. The fourth-order valence-corrected chi connectivity index (χ4v) is 3.70. The van der Waals surface area contributed by atoms with Crippen molar-refractivity contribution in [1.82, 2.24) is 19.7 Å². The average Bonchev–Trinajstić information content (AvgIpc) is 3.29. The lowest BCUT2D eigenvalue weighted by Gasteiger charge is -2.12. The van der Waals surface area contributed by atoms with Crippen LogP contribution in [-0.4, -0.2) is 53.7 Å². The number of fused-ring (bicyclic) bond motifs is 1. The Morgan fingerprint density at radius 1 is 1.17 bits per heavy atom. The van der Waals surface area contributed by atoms with Crippen molar-refractivity contribution in [1.29, 1.82) is 0 Å². The van der Waals surface area contributed by atoms with E-state index in [1.807, 2.05) is 17.4 Å². The van der Waals surface area contributed by atoms with Gasteiger partial charge >= 0.3 is 0 Å². The van der Waals surface area contributed by atoms with Crippen molar-refractivity contribution in [2.24, 2.45) is 5.73 Å². The van der Waals surface area contributed by atoms with Crippen LogP contribution in [0.15, 0.2) is 55.0 Å². The predicted octanol–water partition coefficient (Wildman–Crippen LogP) is 3.30. The normalized spacial score (nSPS) is 11.0. The molecule has 0 fully saturated rings. The average molecular weight is 479 g/mol. The number of hydrogen-bond acceptors (Lipinski definition) is 7. The second-order valence-electron chi connectivity index (χ2n) is 7.77. The molecular formula is C25H27FN6O3. The molecule has 182 valence electrons. The van der Waals surface area contributed by atoms with Crippen LogP contribution in [0.25, 0.3) is 16.9 Å². The molecule has 2 aromatic carbocycles. The van der Waals surface area contributed by atoms with Crippen molar-refractivity contribution < 1.29 is 18.7 Å². The Kier molecular flexibility index (Phi) is 7.54. The molecule has 0 aliphatic carbocycles. The van der Waals surface area contributed by atoms with Gasteiger partial charge in [0.25, 0.3) is 5.91 Å². The number of carbonyl (C=O) groups is 1. The zero-order valence-electron chi connectivity index (χ0n) is 19.5. The number of nitrogens with two attached hydrogens (primary N) is 1. The molecule has 9 nitrogen and oxygen atoms in total. The summed E-state index contributed by atoms with van der Waals surface area (Å²) in [4.78, 5) is 21.4. The number of rotatable bonds is 10. The fraction of sp³-hybridized carbons (Fsp3) is 0.240. The molecule has 0 radical (unpaired) electrons. The third-order valence-corrected chi connectivity index (χ3v) is 5.40. The summed E-state index contributed by atoms with van der Waals surface area (Å²) in [6.07, 6.45) is 5.07. The number of aromatic nitrogens is 3. The lowest BCUT2D eigenvalue weighted by atomic mass is 10.1. The third kappa shape index (κ3) is 5.39. The second-order valence-corrected chi connectivity index (χ2v) is 7.77. The van der Waals surface area contributed by atoms with Gasteiger partial charge in [0, 0.05) is 42.3 Å². The van der Waals surface area contributed by atoms with E-state index in [-0.39, 0.29) is 11.7 Å². The number of hydrogen-bond donors (Lipinski definition) is 3. The van der Waals surface area contributed by atoms with Gasteiger partial charge in [0.1, 0.15) is 0 Å². The third-order valence-electron chi connectivity index (χ3n) is 5.40. The quantitative estimate of drug-likeness (QED) is 0.300. The van der Waals surface area contributed by atoms with E-state index in [0.29, 0.717) is 54.6 Å². The molecule has 0 aliphatic rings. The molecule has 0 atom stereocenters. The van der Waals surface area contributed by atoms with Gasteiger partial charge in [-0.25, -0.2) is 14.4 Å². The number of halogens is 1. The van der Waals surface area contributed by atoms with E-state index in [2.05, 4.69) is 20.6 Å². The molecule has 0 saturated heterocycles. The predicted molar refractivity (Wildman–Crippen MR) is 132 cm³/mol. The Labute approximate surface area is 202 Å². The molecule has 35 heavy (non-hydrogen) atoms. The van der Waals surface area contributed by atoms with Gasteiger partial charge in [0.2, 0.25) is 0 Å². The molecule has 2 heterocycles. The maximum atomic E-state index is 14.2. The molecule has 0 unspecified atom stereocenters. The van der Waals surface area contributed by atoms with Gasteiger partial charge in [-0.2, -0.15) is 0 Å². The first-order valence-electron chi connectivity index (χ1n) is 11.1. The maximum absolute atomic E-state index is 14.2. The van der Waals surface area contributed by atoms with E-state index >= 15 is 0 Å². The summed E-state index contributed by atoms with van der Waals surface area (Å²) in [7, 11) is 1.43. The topological polar surface area (TPSA) is 116 Å². The first-order chi connectivity index (χ1) is 17.0. The first-order valence-corrected chi connectivity index (χ1v) is 11.1. The standard InChI is InChI=1S/C25H27FN6O3/c1-16-13-18(4-5-19(16)25(33)29-9-12-35-11-7-27)31-23-24-30-15-21(32(24)10-8-28-23)17-3-6-22(34-2)20(26)14-17/h3-6,8,10,13-15H,7,9,11-12,27H2,1-2H3,(H,28,31)(H,29,33). The zero-order valence-corrected chi connectivity index (χ0v) is 19.5. The molecular weight excluding hydrogens is 451 g/mol. The molecule has 2 aromatic heterocycles. The van der Waals surface area contributed by atoms with Crippen LogP contribution in [0.1, 0.15) is 15.9 Å². The maximum Gasteiger partial charge on any atom is 0.251 e. The minimum absolute atomic E-state index is 0.171. The fourth-order valence-electron chi connectivity index (χ4n) is 3.70. The number of nitrogens with one attached hydrogen (secondary N) is 2. The monoisotopic (exact) mass is 478 g/mol. The molecule has 0 aliphatic heterocycles. The molecule has 1 amide bonds. The van der Waals surface area contributed by atoms with Crippen molar-refractivity contribution in [3.05, 3.63) is 71.9 Å². The highest BCUT2D eigenvalue weighted by atomic mass is 19.1. The highest BCUT2D eigenvalue weighted by Crippen LogP contribution is 2.28. The molecule has 0 bridgehead atoms. The minimum atomic E-state index is -0.449. The van der Waals surface area contributed by atoms with E-state index in [4.69, 9.17) is 15.2 Å². The summed E-state index contributed by atoms with van der Waals surface area (Å²) < 4.78 is 26.3. The number of ether oxygens (including phenoxy) is 2. The van der Waals surface area contributed by atoms with Crippen LogP contribution in [0.5, 0.6) is 5.75 Å². The van der Waals surface area contributed by atoms with Crippen molar-refractivity contribution in [2.75, 3.05) is 38.7 Å². The summed E-state index contributed by atoms with van der Waals surface area (Å²) in [6.45, 7) is 3.59. The lowest BCUT2D eigenvalue weighted by molar-refractivity contribution is 0.0919. The van der Waals surface area contributed by atoms with Crippen molar-refractivity contribution in [3.8, 4) is 17.0 Å². The van der Waals surface area contributed by atoms with Crippen LogP contribution in [0.3, 0.4) is 0 Å². The van der Waals surface area contributed by atoms with Crippen LogP contribution >= 0.6 is 0 Å². The summed E-state index contributed by atoms with van der Waals surface area (Å²) >= 11 is 0. The molecule has 4 aromatic rings. The highest BCUT2D eigenvalue weighted by Gasteiger charge is 2.14. The number of aryl methyl sites for hydroxylation is 1. The van der Waals surface area contributed by atoms with Gasteiger partial charge in [0.05, 0.1) is 32.2 Å². The van der Waals surface area contributed by atoms with E-state index in [1.165, 1.54) is 13.2 Å². The van der Waals surface area contributed by atoms with E-state index in [1.54, 1.807) is 42.9 Å². The number of methoxy groups -OCH3 is 1. The number of nitrogens with zero attached hydrogens (tertiary/aromatic N) is 3. The minimum Gasteiger partial charge on any atom is -0.494 e. The van der Waals surface area contributed by atoms with Crippen LogP contribution in [0.2, 0.25) is 0 Å². The lowest BCUT2D eigenvalue weighted by Crippen LogP contribution is -2.28. The number of imidazole rings is 1. The zero-order chi connectivity index (χ0) is 24.8. The Morgan fingerprint density at radius 3 is 2.77 bits per heavy atom. The van der Waals surface area contributed by atoms with Crippen molar-refractivity contribution in [2.45, 2.75) is 6.92 Å². The largest absolute Gasteiger partial charge is 0.494 e. The van der Waals surface area contributed by atoms with Gasteiger partial charge in [-0.15, -0.1) is 0 Å². The van der Waals surface area contributed by atoms with Gasteiger partial charge in [-0.1, -0.05) is 0 Å². The van der Waals surface area contributed by atoms with Crippen LogP contribution in [0.4, 0.5) is 15.9 Å². The van der Waals surface area contributed by atoms with Gasteiger partial charge < -0.3 is 25.8 Å². The van der Waals surface area contributed by atoms with Crippen molar-refractivity contribution >= 4 is 23.1 Å². The van der Waals surface area contributed by atoms with Gasteiger partial charge in [-0.05, 0) is 48.9 Å². The number of anilines is 2. The number of carbonyl (C=O) groups excluding carboxylic acids is 1. The van der Waals surface area contributed by atoms with Gasteiger partial charge in [0.15, 0.2) is 23.0 Å².